The number of aliphatic hydroxyl groups is 1. The van der Waals surface area contributed by atoms with Gasteiger partial charge in [0.05, 0.1) is 12.2 Å². The van der Waals surface area contributed by atoms with Crippen molar-refractivity contribution in [2.24, 2.45) is 0 Å². The summed E-state index contributed by atoms with van der Waals surface area (Å²) >= 11 is 0. The zero-order chi connectivity index (χ0) is 10.7. The highest BCUT2D eigenvalue weighted by Crippen LogP contribution is 2.22. The molecule has 0 radical (unpaired) electrons. The Labute approximate surface area is 79.6 Å². The molecular formula is C9H8F2N2O. The van der Waals surface area contributed by atoms with Crippen molar-refractivity contribution in [2.45, 2.75) is 20.0 Å². The Kier molecular flexibility index (Phi) is 3.10. The third kappa shape index (κ3) is 1.86. The van der Waals surface area contributed by atoms with Crippen LogP contribution in [0.5, 0.6) is 0 Å². The summed E-state index contributed by atoms with van der Waals surface area (Å²) in [7, 11) is 0. The second-order valence-corrected chi connectivity index (χ2v) is 2.74. The van der Waals surface area contributed by atoms with Gasteiger partial charge < -0.3 is 5.11 Å². The fourth-order valence-corrected chi connectivity index (χ4v) is 1.08. The van der Waals surface area contributed by atoms with Gasteiger partial charge in [-0.1, -0.05) is 0 Å². The molecule has 0 spiro atoms. The van der Waals surface area contributed by atoms with E-state index in [1.807, 2.05) is 0 Å². The summed E-state index contributed by atoms with van der Waals surface area (Å²) in [5.41, 5.74) is 0.00426. The van der Waals surface area contributed by atoms with E-state index in [-0.39, 0.29) is 12.2 Å². The number of aromatic nitrogens is 1. The van der Waals surface area contributed by atoms with E-state index in [9.17, 15) is 8.78 Å². The summed E-state index contributed by atoms with van der Waals surface area (Å²) in [5.74, 6) is 0. The molecule has 3 nitrogen and oxygen atoms in total. The molecule has 0 aliphatic carbocycles. The largest absolute Gasteiger partial charge is 0.392 e. The first-order chi connectivity index (χ1) is 6.60. The van der Waals surface area contributed by atoms with Crippen LogP contribution in [0.25, 0.3) is 0 Å². The van der Waals surface area contributed by atoms with Crippen molar-refractivity contribution in [3.8, 4) is 6.07 Å². The average molecular weight is 198 g/mol. The van der Waals surface area contributed by atoms with Crippen LogP contribution in [-0.2, 0) is 6.61 Å². The van der Waals surface area contributed by atoms with E-state index >= 15 is 0 Å². The van der Waals surface area contributed by atoms with Gasteiger partial charge in [0.25, 0.3) is 6.43 Å². The van der Waals surface area contributed by atoms with Crippen LogP contribution in [0.15, 0.2) is 6.07 Å². The van der Waals surface area contributed by atoms with Crippen LogP contribution in [0, 0.1) is 18.3 Å². The molecule has 0 bridgehead atoms. The van der Waals surface area contributed by atoms with Gasteiger partial charge in [-0.05, 0) is 13.0 Å². The highest BCUT2D eigenvalue weighted by Gasteiger charge is 2.16. The third-order valence-corrected chi connectivity index (χ3v) is 1.84. The predicted molar refractivity (Wildman–Crippen MR) is 44.6 cm³/mol. The molecule has 1 N–H and O–H groups in total. The maximum atomic E-state index is 12.4. The SMILES string of the molecule is Cc1nc(C(F)F)c(C#N)cc1CO. The fourth-order valence-electron chi connectivity index (χ4n) is 1.08. The van der Waals surface area contributed by atoms with E-state index in [0.717, 1.165) is 0 Å². The van der Waals surface area contributed by atoms with Gasteiger partial charge in [0.1, 0.15) is 11.8 Å². The second-order valence-electron chi connectivity index (χ2n) is 2.74. The minimum Gasteiger partial charge on any atom is -0.392 e. The van der Waals surface area contributed by atoms with Gasteiger partial charge in [-0.2, -0.15) is 5.26 Å². The van der Waals surface area contributed by atoms with E-state index < -0.39 is 12.1 Å². The minimum absolute atomic E-state index is 0.186. The first-order valence-corrected chi connectivity index (χ1v) is 3.89. The average Bonchev–Trinajstić information content (AvgIpc) is 2.17. The topological polar surface area (TPSA) is 56.9 Å². The zero-order valence-corrected chi connectivity index (χ0v) is 7.46. The molecule has 1 aromatic rings. The summed E-state index contributed by atoms with van der Waals surface area (Å²) in [5, 5.41) is 17.4. The van der Waals surface area contributed by atoms with Gasteiger partial charge in [0.2, 0.25) is 0 Å². The highest BCUT2D eigenvalue weighted by molar-refractivity contribution is 5.38. The monoisotopic (exact) mass is 198 g/mol. The minimum atomic E-state index is -2.77. The van der Waals surface area contributed by atoms with Crippen LogP contribution in [-0.4, -0.2) is 10.1 Å². The molecule has 0 saturated carbocycles. The molecule has 74 valence electrons. The van der Waals surface area contributed by atoms with E-state index in [2.05, 4.69) is 4.98 Å². The van der Waals surface area contributed by atoms with Crippen LogP contribution in [0.3, 0.4) is 0 Å². The number of nitrogens with zero attached hydrogens (tertiary/aromatic N) is 2. The maximum absolute atomic E-state index is 12.4. The Hall–Kier alpha value is -1.54. The van der Waals surface area contributed by atoms with E-state index in [1.54, 1.807) is 6.07 Å². The second kappa shape index (κ2) is 4.11. The number of hydrogen-bond donors (Lipinski definition) is 1. The Morgan fingerprint density at radius 2 is 2.29 bits per heavy atom. The van der Waals surface area contributed by atoms with E-state index in [1.165, 1.54) is 13.0 Å². The van der Waals surface area contributed by atoms with Gasteiger partial charge in [0, 0.05) is 11.3 Å². The summed E-state index contributed by atoms with van der Waals surface area (Å²) in [6.45, 7) is 1.20. The summed E-state index contributed by atoms with van der Waals surface area (Å²) in [6, 6.07) is 2.87. The number of nitriles is 1. The number of hydrogen-bond acceptors (Lipinski definition) is 3. The lowest BCUT2D eigenvalue weighted by Crippen LogP contribution is -2.02. The molecule has 0 amide bonds. The van der Waals surface area contributed by atoms with Crippen LogP contribution < -0.4 is 0 Å². The van der Waals surface area contributed by atoms with Gasteiger partial charge in [-0.3, -0.25) is 4.98 Å². The Morgan fingerprint density at radius 3 is 2.71 bits per heavy atom. The standard InChI is InChI=1S/C9H8F2N2O/c1-5-7(4-14)2-6(3-12)8(13-5)9(10)11/h2,9,14H,4H2,1H3. The van der Waals surface area contributed by atoms with Crippen LogP contribution in [0.4, 0.5) is 8.78 Å². The molecule has 0 saturated heterocycles. The number of alkyl halides is 2. The molecule has 0 aliphatic rings. The first kappa shape index (κ1) is 10.5. The Balaban J connectivity index is 3.33. The first-order valence-electron chi connectivity index (χ1n) is 3.89. The lowest BCUT2D eigenvalue weighted by atomic mass is 10.1. The van der Waals surface area contributed by atoms with E-state index in [0.29, 0.717) is 11.3 Å². The lowest BCUT2D eigenvalue weighted by Gasteiger charge is -2.06. The number of pyridine rings is 1. The fraction of sp³-hybridized carbons (Fsp3) is 0.333. The van der Waals surface area contributed by atoms with Crippen LogP contribution >= 0.6 is 0 Å². The third-order valence-electron chi connectivity index (χ3n) is 1.84. The van der Waals surface area contributed by atoms with Crippen molar-refractivity contribution in [2.75, 3.05) is 0 Å². The number of halogens is 2. The van der Waals surface area contributed by atoms with Gasteiger partial charge >= 0.3 is 0 Å². The molecule has 0 unspecified atom stereocenters. The van der Waals surface area contributed by atoms with Crippen molar-refractivity contribution in [3.63, 3.8) is 0 Å². The molecule has 0 aromatic carbocycles. The van der Waals surface area contributed by atoms with Crippen molar-refractivity contribution >= 4 is 0 Å². The lowest BCUT2D eigenvalue weighted by molar-refractivity contribution is 0.145. The Morgan fingerprint density at radius 1 is 1.64 bits per heavy atom. The highest BCUT2D eigenvalue weighted by atomic mass is 19.3. The molecule has 0 atom stereocenters. The normalized spacial score (nSPS) is 10.3. The predicted octanol–water partition coefficient (Wildman–Crippen LogP) is 1.69. The molecule has 0 fully saturated rings. The molecule has 1 aromatic heterocycles. The summed E-state index contributed by atoms with van der Waals surface area (Å²) in [6.07, 6.45) is -2.77. The van der Waals surface area contributed by atoms with Gasteiger partial charge in [0.15, 0.2) is 0 Å². The van der Waals surface area contributed by atoms with Crippen LogP contribution in [0.1, 0.15) is 28.9 Å². The van der Waals surface area contributed by atoms with Gasteiger partial charge in [-0.15, -0.1) is 0 Å². The summed E-state index contributed by atoms with van der Waals surface area (Å²) < 4.78 is 24.7. The van der Waals surface area contributed by atoms with E-state index in [4.69, 9.17) is 10.4 Å². The van der Waals surface area contributed by atoms with Crippen molar-refractivity contribution < 1.29 is 13.9 Å². The number of aryl methyl sites for hydroxylation is 1. The molecule has 1 rings (SSSR count). The molecular weight excluding hydrogens is 190 g/mol. The summed E-state index contributed by atoms with van der Waals surface area (Å²) in [4.78, 5) is 3.58. The van der Waals surface area contributed by atoms with Crippen molar-refractivity contribution in [1.82, 2.24) is 4.98 Å². The van der Waals surface area contributed by atoms with Crippen LogP contribution in [0.2, 0.25) is 0 Å². The molecule has 14 heavy (non-hydrogen) atoms. The quantitative estimate of drug-likeness (QED) is 0.786. The Bertz CT molecular complexity index is 385. The molecule has 1 heterocycles. The van der Waals surface area contributed by atoms with Crippen molar-refractivity contribution in [3.05, 3.63) is 28.6 Å². The zero-order valence-electron chi connectivity index (χ0n) is 7.46. The number of rotatable bonds is 2. The number of aliphatic hydroxyl groups excluding tert-OH is 1. The molecule has 5 heteroatoms. The molecule has 0 aliphatic heterocycles. The van der Waals surface area contributed by atoms with Crippen molar-refractivity contribution in [1.29, 1.82) is 5.26 Å². The maximum Gasteiger partial charge on any atom is 0.281 e. The smallest absolute Gasteiger partial charge is 0.281 e. The van der Waals surface area contributed by atoms with Gasteiger partial charge in [-0.25, -0.2) is 8.78 Å².